The number of carbonyl (C=O) groups excluding carboxylic acids is 1. The zero-order valence-corrected chi connectivity index (χ0v) is 18.4. The van der Waals surface area contributed by atoms with Gasteiger partial charge >= 0.3 is 5.92 Å². The number of nitrogens with zero attached hydrogens (tertiary/aromatic N) is 6. The molecule has 0 aliphatic carbocycles. The van der Waals surface area contributed by atoms with Gasteiger partial charge in [-0.1, -0.05) is 0 Å². The van der Waals surface area contributed by atoms with Crippen molar-refractivity contribution < 1.29 is 18.3 Å². The van der Waals surface area contributed by atoms with Gasteiger partial charge < -0.3 is 15.0 Å². The molecule has 0 radical (unpaired) electrons. The summed E-state index contributed by atoms with van der Waals surface area (Å²) in [6.07, 6.45) is 2.58. The van der Waals surface area contributed by atoms with Gasteiger partial charge in [-0.2, -0.15) is 8.78 Å². The number of alkyl halides is 2. The number of halogens is 2. The Hall–Kier alpha value is -3.21. The van der Waals surface area contributed by atoms with Crippen molar-refractivity contribution >= 4 is 28.4 Å². The largest absolute Gasteiger partial charge is 0.377 e. The standard InChI is InChI=1S/C21H25F2N7O2/c1-5-32-14-6-7-29(11-14)19-15-10-24-17(26-13(3)31)9-16(15)30(28-19)18-8-12(2)25-20(27-18)21(4,22)23/h8-10,14H,5-7,11H2,1-4H3,(H,24,26,31)/t14-/m0/s1. The van der Waals surface area contributed by atoms with Gasteiger partial charge in [0, 0.05) is 57.6 Å². The summed E-state index contributed by atoms with van der Waals surface area (Å²) in [6.45, 7) is 7.76. The highest BCUT2D eigenvalue weighted by molar-refractivity contribution is 5.95. The maximum absolute atomic E-state index is 14.0. The zero-order valence-electron chi connectivity index (χ0n) is 18.4. The van der Waals surface area contributed by atoms with Crippen LogP contribution in [0.15, 0.2) is 18.3 Å². The highest BCUT2D eigenvalue weighted by Gasteiger charge is 2.31. The van der Waals surface area contributed by atoms with Gasteiger partial charge in [-0.05, 0) is 20.3 Å². The van der Waals surface area contributed by atoms with E-state index < -0.39 is 11.7 Å². The Balaban J connectivity index is 1.86. The quantitative estimate of drug-likeness (QED) is 0.622. The fraction of sp³-hybridized carbons (Fsp3) is 0.476. The average molecular weight is 445 g/mol. The van der Waals surface area contributed by atoms with Gasteiger partial charge in [-0.25, -0.2) is 19.6 Å². The molecule has 0 aromatic carbocycles. The summed E-state index contributed by atoms with van der Waals surface area (Å²) in [6, 6.07) is 3.25. The molecule has 1 saturated heterocycles. The number of aryl methyl sites for hydroxylation is 1. The van der Waals surface area contributed by atoms with Gasteiger partial charge in [0.15, 0.2) is 11.6 Å². The first-order chi connectivity index (χ1) is 15.2. The fourth-order valence-electron chi connectivity index (χ4n) is 3.80. The molecule has 1 aliphatic rings. The summed E-state index contributed by atoms with van der Waals surface area (Å²) >= 11 is 0. The van der Waals surface area contributed by atoms with Gasteiger partial charge in [0.2, 0.25) is 11.7 Å². The van der Waals surface area contributed by atoms with Crippen LogP contribution in [-0.4, -0.2) is 56.4 Å². The molecule has 1 aliphatic heterocycles. The molecule has 0 saturated carbocycles. The third-order valence-corrected chi connectivity index (χ3v) is 5.15. The van der Waals surface area contributed by atoms with Crippen molar-refractivity contribution in [1.29, 1.82) is 0 Å². The second kappa shape index (κ2) is 8.38. The van der Waals surface area contributed by atoms with E-state index in [1.54, 1.807) is 25.3 Å². The highest BCUT2D eigenvalue weighted by Crippen LogP contribution is 2.32. The van der Waals surface area contributed by atoms with Gasteiger partial charge in [0.05, 0.1) is 17.0 Å². The molecule has 1 atom stereocenters. The third-order valence-electron chi connectivity index (χ3n) is 5.15. The molecule has 1 amide bonds. The van der Waals surface area contributed by atoms with Gasteiger partial charge in [0.1, 0.15) is 5.82 Å². The lowest BCUT2D eigenvalue weighted by molar-refractivity contribution is -0.114. The molecular formula is C21H25F2N7O2. The Kier molecular flexibility index (Phi) is 5.76. The lowest BCUT2D eigenvalue weighted by Gasteiger charge is -2.16. The number of anilines is 2. The van der Waals surface area contributed by atoms with Crippen molar-refractivity contribution in [1.82, 2.24) is 24.7 Å². The predicted octanol–water partition coefficient (Wildman–Crippen LogP) is 3.20. The first-order valence-corrected chi connectivity index (χ1v) is 10.4. The number of hydrogen-bond donors (Lipinski definition) is 1. The molecule has 1 fully saturated rings. The highest BCUT2D eigenvalue weighted by atomic mass is 19.3. The third kappa shape index (κ3) is 4.38. The van der Waals surface area contributed by atoms with Crippen LogP contribution in [0.4, 0.5) is 20.4 Å². The second-order valence-electron chi connectivity index (χ2n) is 7.89. The molecule has 9 nitrogen and oxygen atoms in total. The van der Waals surface area contributed by atoms with E-state index in [4.69, 9.17) is 9.84 Å². The van der Waals surface area contributed by atoms with E-state index in [1.165, 1.54) is 11.6 Å². The first-order valence-electron chi connectivity index (χ1n) is 10.4. The maximum Gasteiger partial charge on any atom is 0.303 e. The van der Waals surface area contributed by atoms with Crippen LogP contribution in [0.2, 0.25) is 0 Å². The number of nitrogens with one attached hydrogen (secondary N) is 1. The van der Waals surface area contributed by atoms with Crippen LogP contribution in [0.3, 0.4) is 0 Å². The minimum absolute atomic E-state index is 0.0958. The second-order valence-corrected chi connectivity index (χ2v) is 7.89. The van der Waals surface area contributed by atoms with Crippen LogP contribution in [0.25, 0.3) is 16.7 Å². The molecule has 4 heterocycles. The van der Waals surface area contributed by atoms with Crippen LogP contribution in [0, 0.1) is 6.92 Å². The van der Waals surface area contributed by atoms with E-state index >= 15 is 0 Å². The monoisotopic (exact) mass is 445 g/mol. The molecule has 4 rings (SSSR count). The van der Waals surface area contributed by atoms with Crippen molar-refractivity contribution in [3.05, 3.63) is 29.8 Å². The molecule has 3 aromatic rings. The van der Waals surface area contributed by atoms with E-state index in [0.717, 1.165) is 25.3 Å². The zero-order chi connectivity index (χ0) is 23.0. The molecule has 11 heteroatoms. The van der Waals surface area contributed by atoms with Gasteiger partial charge in [0.25, 0.3) is 0 Å². The number of aromatic nitrogens is 5. The minimum Gasteiger partial charge on any atom is -0.377 e. The normalized spacial score (nSPS) is 16.7. The van der Waals surface area contributed by atoms with Gasteiger partial charge in [-0.15, -0.1) is 5.10 Å². The van der Waals surface area contributed by atoms with E-state index in [0.29, 0.717) is 36.0 Å². The Morgan fingerprint density at radius 1 is 1.34 bits per heavy atom. The summed E-state index contributed by atoms with van der Waals surface area (Å²) in [5.41, 5.74) is 0.979. The number of hydrogen-bond acceptors (Lipinski definition) is 7. The number of fused-ring (bicyclic) bond motifs is 1. The van der Waals surface area contributed by atoms with Crippen molar-refractivity contribution in [3.63, 3.8) is 0 Å². The Morgan fingerprint density at radius 3 is 2.81 bits per heavy atom. The molecule has 3 aromatic heterocycles. The molecule has 32 heavy (non-hydrogen) atoms. The van der Waals surface area contributed by atoms with Crippen LogP contribution >= 0.6 is 0 Å². The first kappa shape index (κ1) is 22.0. The van der Waals surface area contributed by atoms with Crippen LogP contribution in [0.1, 0.15) is 38.7 Å². The maximum atomic E-state index is 14.0. The lowest BCUT2D eigenvalue weighted by Crippen LogP contribution is -2.23. The predicted molar refractivity (Wildman–Crippen MR) is 115 cm³/mol. The van der Waals surface area contributed by atoms with E-state index in [2.05, 4.69) is 25.2 Å². The van der Waals surface area contributed by atoms with Crippen LogP contribution < -0.4 is 10.2 Å². The van der Waals surface area contributed by atoms with Gasteiger partial charge in [-0.3, -0.25) is 4.79 Å². The molecule has 0 spiro atoms. The molecule has 1 N–H and O–H groups in total. The summed E-state index contributed by atoms with van der Waals surface area (Å²) in [5, 5.41) is 8.09. The summed E-state index contributed by atoms with van der Waals surface area (Å²) in [7, 11) is 0. The van der Waals surface area contributed by atoms with Crippen molar-refractivity contribution in [2.45, 2.75) is 46.1 Å². The van der Waals surface area contributed by atoms with Crippen molar-refractivity contribution in [2.75, 3.05) is 29.9 Å². The van der Waals surface area contributed by atoms with Crippen LogP contribution in [0.5, 0.6) is 0 Å². The topological polar surface area (TPSA) is 98.1 Å². The van der Waals surface area contributed by atoms with E-state index in [9.17, 15) is 13.6 Å². The molecular weight excluding hydrogens is 420 g/mol. The van der Waals surface area contributed by atoms with Crippen LogP contribution in [-0.2, 0) is 15.5 Å². The number of ether oxygens (including phenoxy) is 1. The molecule has 0 unspecified atom stereocenters. The lowest BCUT2D eigenvalue weighted by atomic mass is 10.3. The summed E-state index contributed by atoms with van der Waals surface area (Å²) in [5.74, 6) is -2.84. The Morgan fingerprint density at radius 2 is 2.12 bits per heavy atom. The van der Waals surface area contributed by atoms with Crippen molar-refractivity contribution in [2.24, 2.45) is 0 Å². The average Bonchev–Trinajstić information content (AvgIpc) is 3.31. The SMILES string of the molecule is CCO[C@H]1CCN(c2nn(-c3cc(C)nc(C(C)(F)F)n3)c3cc(NC(C)=O)ncc23)C1. The van der Waals surface area contributed by atoms with Crippen molar-refractivity contribution in [3.8, 4) is 5.82 Å². The molecule has 170 valence electrons. The Bertz CT molecular complexity index is 1160. The number of rotatable bonds is 6. The fourth-order valence-corrected chi connectivity index (χ4v) is 3.80. The Labute approximate surface area is 183 Å². The summed E-state index contributed by atoms with van der Waals surface area (Å²) < 4.78 is 35.2. The van der Waals surface area contributed by atoms with E-state index in [1.807, 2.05) is 6.92 Å². The summed E-state index contributed by atoms with van der Waals surface area (Å²) in [4.78, 5) is 25.9. The number of pyridine rings is 1. The number of carbonyl (C=O) groups is 1. The van der Waals surface area contributed by atoms with E-state index in [-0.39, 0.29) is 17.8 Å². The number of amides is 1. The smallest absolute Gasteiger partial charge is 0.303 e. The molecule has 0 bridgehead atoms. The minimum atomic E-state index is -3.20.